The molecular formula is C9H10N4S3. The highest BCUT2D eigenvalue weighted by atomic mass is 32.2. The first kappa shape index (κ1) is 10.7. The monoisotopic (exact) mass is 270 g/mol. The third-order valence-electron chi connectivity index (χ3n) is 2.55. The molecule has 3 aliphatic rings. The topological polar surface area (TPSA) is 40.3 Å². The van der Waals surface area contributed by atoms with E-state index < -0.39 is 0 Å². The number of nitrogens with zero attached hydrogens (tertiary/aromatic N) is 4. The minimum atomic E-state index is 0.0737. The SMILES string of the molecule is S=C1N=CN=C2N=C(N3CCSCC3)SC12. The number of thiocarbonyl (C=S) groups is 1. The van der Waals surface area contributed by atoms with Crippen LogP contribution >= 0.6 is 35.7 Å². The fourth-order valence-corrected chi connectivity index (χ4v) is 3.98. The van der Waals surface area contributed by atoms with Crippen LogP contribution in [0.5, 0.6) is 0 Å². The Morgan fingerprint density at radius 2 is 2.19 bits per heavy atom. The number of hydrogen-bond acceptors (Lipinski definition) is 6. The summed E-state index contributed by atoms with van der Waals surface area (Å²) in [6.07, 6.45) is 1.51. The van der Waals surface area contributed by atoms with Gasteiger partial charge in [-0.2, -0.15) is 11.8 Å². The maximum Gasteiger partial charge on any atom is 0.167 e. The van der Waals surface area contributed by atoms with Crippen LogP contribution in [-0.2, 0) is 0 Å². The molecule has 0 N–H and O–H groups in total. The minimum Gasteiger partial charge on any atom is -0.349 e. The van der Waals surface area contributed by atoms with Gasteiger partial charge in [0.1, 0.15) is 16.6 Å². The molecule has 1 saturated heterocycles. The summed E-state index contributed by atoms with van der Waals surface area (Å²) < 4.78 is 0. The van der Waals surface area contributed by atoms with Crippen molar-refractivity contribution >= 4 is 58.1 Å². The molecule has 4 nitrogen and oxygen atoms in total. The Kier molecular flexibility index (Phi) is 2.99. The van der Waals surface area contributed by atoms with Crippen LogP contribution in [0.25, 0.3) is 0 Å². The second kappa shape index (κ2) is 4.46. The molecule has 0 spiro atoms. The molecule has 3 heterocycles. The maximum absolute atomic E-state index is 5.20. The van der Waals surface area contributed by atoms with Gasteiger partial charge in [-0.15, -0.1) is 0 Å². The lowest BCUT2D eigenvalue weighted by atomic mass is 10.3. The van der Waals surface area contributed by atoms with Crippen molar-refractivity contribution in [1.82, 2.24) is 4.90 Å². The quantitative estimate of drug-likeness (QED) is 0.622. The first-order chi connectivity index (χ1) is 7.84. The van der Waals surface area contributed by atoms with E-state index in [0.29, 0.717) is 4.99 Å². The van der Waals surface area contributed by atoms with Crippen molar-refractivity contribution in [2.45, 2.75) is 5.25 Å². The van der Waals surface area contributed by atoms with Gasteiger partial charge in [0.05, 0.1) is 0 Å². The summed E-state index contributed by atoms with van der Waals surface area (Å²) in [5, 5.41) is 1.14. The first-order valence-electron chi connectivity index (χ1n) is 5.07. The molecule has 0 radical (unpaired) electrons. The lowest BCUT2D eigenvalue weighted by Gasteiger charge is -2.27. The summed E-state index contributed by atoms with van der Waals surface area (Å²) in [7, 11) is 0. The van der Waals surface area contributed by atoms with E-state index in [9.17, 15) is 0 Å². The number of rotatable bonds is 0. The summed E-state index contributed by atoms with van der Waals surface area (Å²) in [5.41, 5.74) is 0. The van der Waals surface area contributed by atoms with Crippen LogP contribution in [-0.4, -0.2) is 57.1 Å². The molecule has 0 aromatic heterocycles. The zero-order valence-corrected chi connectivity index (χ0v) is 10.9. The normalized spacial score (nSPS) is 28.9. The molecule has 0 aromatic carbocycles. The smallest absolute Gasteiger partial charge is 0.167 e. The molecule has 84 valence electrons. The second-order valence-electron chi connectivity index (χ2n) is 3.56. The molecule has 3 aliphatic heterocycles. The van der Waals surface area contributed by atoms with Crippen LogP contribution in [0.3, 0.4) is 0 Å². The van der Waals surface area contributed by atoms with Gasteiger partial charge in [-0.1, -0.05) is 24.0 Å². The Hall–Kier alpha value is -0.400. The molecule has 0 saturated carbocycles. The van der Waals surface area contributed by atoms with Gasteiger partial charge < -0.3 is 4.90 Å². The summed E-state index contributed by atoms with van der Waals surface area (Å²) in [5.74, 6) is 3.17. The third kappa shape index (κ3) is 1.91. The van der Waals surface area contributed by atoms with Gasteiger partial charge >= 0.3 is 0 Å². The van der Waals surface area contributed by atoms with Gasteiger partial charge in [-0.05, 0) is 0 Å². The number of amidine groups is 2. The molecular weight excluding hydrogens is 260 g/mol. The second-order valence-corrected chi connectivity index (χ2v) is 6.28. The minimum absolute atomic E-state index is 0.0737. The number of hydrogen-bond donors (Lipinski definition) is 0. The molecule has 0 amide bonds. The van der Waals surface area contributed by atoms with Crippen molar-refractivity contribution in [3.05, 3.63) is 0 Å². The highest BCUT2D eigenvalue weighted by Gasteiger charge is 2.34. The van der Waals surface area contributed by atoms with Crippen LogP contribution in [0.4, 0.5) is 0 Å². The highest BCUT2D eigenvalue weighted by Crippen LogP contribution is 2.29. The fraction of sp³-hybridized carbons (Fsp3) is 0.556. The van der Waals surface area contributed by atoms with Crippen molar-refractivity contribution in [2.24, 2.45) is 15.0 Å². The van der Waals surface area contributed by atoms with Gasteiger partial charge in [0.25, 0.3) is 0 Å². The molecule has 7 heteroatoms. The predicted molar refractivity (Wildman–Crippen MR) is 76.2 cm³/mol. The average Bonchev–Trinajstić information content (AvgIpc) is 2.76. The Balaban J connectivity index is 1.79. The van der Waals surface area contributed by atoms with E-state index in [4.69, 9.17) is 12.2 Å². The van der Waals surface area contributed by atoms with Crippen LogP contribution in [0.2, 0.25) is 0 Å². The summed E-state index contributed by atoms with van der Waals surface area (Å²) >= 11 is 8.89. The van der Waals surface area contributed by atoms with Gasteiger partial charge in [0.15, 0.2) is 11.0 Å². The van der Waals surface area contributed by atoms with Crippen LogP contribution in [0.15, 0.2) is 15.0 Å². The molecule has 1 unspecified atom stereocenters. The lowest BCUT2D eigenvalue weighted by Crippen LogP contribution is -2.36. The van der Waals surface area contributed by atoms with Crippen LogP contribution < -0.4 is 0 Å². The molecule has 1 fully saturated rings. The van der Waals surface area contributed by atoms with Gasteiger partial charge in [-0.3, -0.25) is 0 Å². The predicted octanol–water partition coefficient (Wildman–Crippen LogP) is 1.27. The van der Waals surface area contributed by atoms with E-state index in [1.54, 1.807) is 11.8 Å². The molecule has 3 rings (SSSR count). The van der Waals surface area contributed by atoms with Crippen molar-refractivity contribution in [3.63, 3.8) is 0 Å². The van der Waals surface area contributed by atoms with Crippen LogP contribution in [0, 0.1) is 0 Å². The largest absolute Gasteiger partial charge is 0.349 e. The zero-order chi connectivity index (χ0) is 11.0. The average molecular weight is 270 g/mol. The Bertz CT molecular complexity index is 409. The van der Waals surface area contributed by atoms with Crippen molar-refractivity contribution < 1.29 is 0 Å². The molecule has 16 heavy (non-hydrogen) atoms. The van der Waals surface area contributed by atoms with Gasteiger partial charge in [0.2, 0.25) is 0 Å². The lowest BCUT2D eigenvalue weighted by molar-refractivity contribution is 0.473. The number of thioether (sulfide) groups is 2. The van der Waals surface area contributed by atoms with E-state index in [0.717, 1.165) is 24.1 Å². The summed E-state index contributed by atoms with van der Waals surface area (Å²) in [6, 6.07) is 0. The number of aliphatic imine (C=N–C) groups is 3. The van der Waals surface area contributed by atoms with Gasteiger partial charge in [-0.25, -0.2) is 15.0 Å². The van der Waals surface area contributed by atoms with Gasteiger partial charge in [0, 0.05) is 24.6 Å². The van der Waals surface area contributed by atoms with E-state index in [1.807, 2.05) is 11.8 Å². The van der Waals surface area contributed by atoms with E-state index >= 15 is 0 Å². The highest BCUT2D eigenvalue weighted by molar-refractivity contribution is 8.16. The Labute approximate surface area is 108 Å². The van der Waals surface area contributed by atoms with Crippen molar-refractivity contribution in [2.75, 3.05) is 24.6 Å². The molecule has 1 atom stereocenters. The van der Waals surface area contributed by atoms with Crippen molar-refractivity contribution in [3.8, 4) is 0 Å². The maximum atomic E-state index is 5.20. The molecule has 0 aromatic rings. The van der Waals surface area contributed by atoms with E-state index in [1.165, 1.54) is 17.8 Å². The van der Waals surface area contributed by atoms with Crippen molar-refractivity contribution in [1.29, 1.82) is 0 Å². The zero-order valence-electron chi connectivity index (χ0n) is 8.50. The molecule has 0 bridgehead atoms. The Morgan fingerprint density at radius 1 is 1.38 bits per heavy atom. The number of fused-ring (bicyclic) bond motifs is 1. The van der Waals surface area contributed by atoms with E-state index in [2.05, 4.69) is 19.9 Å². The summed E-state index contributed by atoms with van der Waals surface area (Å²) in [6.45, 7) is 2.15. The summed E-state index contributed by atoms with van der Waals surface area (Å²) in [4.78, 5) is 15.8. The van der Waals surface area contributed by atoms with E-state index in [-0.39, 0.29) is 5.25 Å². The fourth-order valence-electron chi connectivity index (χ4n) is 1.71. The Morgan fingerprint density at radius 3 is 2.94 bits per heavy atom. The standard InChI is InChI=1S/C9H10N4S3/c14-8-6-7(10-5-11-8)12-9(16-6)13-1-3-15-4-2-13/h5-6H,1-4H2. The third-order valence-corrected chi connectivity index (χ3v) is 5.21. The van der Waals surface area contributed by atoms with Crippen LogP contribution in [0.1, 0.15) is 0 Å². The first-order valence-corrected chi connectivity index (χ1v) is 7.51. The molecule has 0 aliphatic carbocycles.